The molecule has 1 atom stereocenters. The van der Waals surface area contributed by atoms with Crippen LogP contribution in [0.5, 0.6) is 0 Å². The van der Waals surface area contributed by atoms with Crippen LogP contribution in [0.4, 0.5) is 0 Å². The Labute approximate surface area is 121 Å². The molecule has 1 fully saturated rings. The van der Waals surface area contributed by atoms with Gasteiger partial charge in [-0.3, -0.25) is 9.80 Å². The number of piperazine rings is 1. The van der Waals surface area contributed by atoms with E-state index in [0.717, 1.165) is 51.5 Å². The minimum atomic E-state index is -0.120. The van der Waals surface area contributed by atoms with Gasteiger partial charge in [0.15, 0.2) is 0 Å². The number of nitrogens with zero attached hydrogens (tertiary/aromatic N) is 3. The molecule has 2 rings (SSSR count). The Bertz CT molecular complexity index is 421. The second-order valence-corrected chi connectivity index (χ2v) is 5.02. The van der Waals surface area contributed by atoms with Crippen molar-refractivity contribution in [3.8, 4) is 6.07 Å². The molecule has 0 amide bonds. The topological polar surface area (TPSA) is 39.5 Å². The zero-order valence-electron chi connectivity index (χ0n) is 12.2. The fourth-order valence-electron chi connectivity index (χ4n) is 2.59. The summed E-state index contributed by atoms with van der Waals surface area (Å²) in [6, 6.07) is 12.4. The second-order valence-electron chi connectivity index (χ2n) is 5.02. The standard InChI is InChI=1S/C16H23N3O/c1-2-20-13-12-18-8-10-19(11-9-18)16(14-17)15-6-4-3-5-7-15/h3-7,16H,2,8-13H2,1H3/t16-/m1/s1. The molecule has 1 saturated heterocycles. The van der Waals surface area contributed by atoms with Crippen LogP contribution >= 0.6 is 0 Å². The molecule has 1 aromatic rings. The molecule has 20 heavy (non-hydrogen) atoms. The third-order valence-electron chi connectivity index (χ3n) is 3.77. The van der Waals surface area contributed by atoms with Gasteiger partial charge in [-0.2, -0.15) is 5.26 Å². The molecule has 1 aliphatic heterocycles. The van der Waals surface area contributed by atoms with E-state index in [9.17, 15) is 5.26 Å². The van der Waals surface area contributed by atoms with Crippen LogP contribution in [0.25, 0.3) is 0 Å². The molecule has 0 aromatic heterocycles. The van der Waals surface area contributed by atoms with Gasteiger partial charge >= 0.3 is 0 Å². The number of rotatable bonds is 6. The Morgan fingerprint density at radius 1 is 1.20 bits per heavy atom. The average Bonchev–Trinajstić information content (AvgIpc) is 2.51. The maximum absolute atomic E-state index is 9.45. The van der Waals surface area contributed by atoms with E-state index in [0.29, 0.717) is 0 Å². The lowest BCUT2D eigenvalue weighted by atomic mass is 10.1. The summed E-state index contributed by atoms with van der Waals surface area (Å²) >= 11 is 0. The van der Waals surface area contributed by atoms with Crippen LogP contribution in [0.3, 0.4) is 0 Å². The molecule has 0 bridgehead atoms. The first-order valence-corrected chi connectivity index (χ1v) is 7.34. The highest BCUT2D eigenvalue weighted by Crippen LogP contribution is 2.21. The van der Waals surface area contributed by atoms with Crippen molar-refractivity contribution in [2.45, 2.75) is 13.0 Å². The minimum Gasteiger partial charge on any atom is -0.380 e. The van der Waals surface area contributed by atoms with Crippen molar-refractivity contribution in [2.75, 3.05) is 45.9 Å². The smallest absolute Gasteiger partial charge is 0.123 e. The van der Waals surface area contributed by atoms with Gasteiger partial charge < -0.3 is 4.74 Å². The molecule has 0 saturated carbocycles. The predicted octanol–water partition coefficient (Wildman–Crippen LogP) is 1.91. The molecule has 4 heteroatoms. The van der Waals surface area contributed by atoms with E-state index < -0.39 is 0 Å². The number of nitriles is 1. The molecule has 0 aliphatic carbocycles. The minimum absolute atomic E-state index is 0.120. The molecule has 0 N–H and O–H groups in total. The fourth-order valence-corrected chi connectivity index (χ4v) is 2.59. The Hall–Kier alpha value is -1.41. The lowest BCUT2D eigenvalue weighted by molar-refractivity contribution is 0.0731. The molecular formula is C16H23N3O. The van der Waals surface area contributed by atoms with E-state index in [4.69, 9.17) is 4.74 Å². The van der Waals surface area contributed by atoms with Gasteiger partial charge in [0, 0.05) is 39.3 Å². The third kappa shape index (κ3) is 4.04. The molecular weight excluding hydrogens is 250 g/mol. The van der Waals surface area contributed by atoms with Crippen molar-refractivity contribution in [2.24, 2.45) is 0 Å². The summed E-state index contributed by atoms with van der Waals surface area (Å²) in [5, 5.41) is 9.45. The number of ether oxygens (including phenoxy) is 1. The van der Waals surface area contributed by atoms with Gasteiger partial charge in [0.25, 0.3) is 0 Å². The van der Waals surface area contributed by atoms with Gasteiger partial charge in [0.2, 0.25) is 0 Å². The maximum atomic E-state index is 9.45. The maximum Gasteiger partial charge on any atom is 0.123 e. The molecule has 4 nitrogen and oxygen atoms in total. The Morgan fingerprint density at radius 2 is 1.90 bits per heavy atom. The quantitative estimate of drug-likeness (QED) is 0.742. The fraction of sp³-hybridized carbons (Fsp3) is 0.562. The molecule has 0 unspecified atom stereocenters. The monoisotopic (exact) mass is 273 g/mol. The van der Waals surface area contributed by atoms with Gasteiger partial charge in [-0.25, -0.2) is 0 Å². The van der Waals surface area contributed by atoms with Crippen LogP contribution in [-0.4, -0.2) is 55.7 Å². The average molecular weight is 273 g/mol. The van der Waals surface area contributed by atoms with Crippen molar-refractivity contribution in [3.63, 3.8) is 0 Å². The summed E-state index contributed by atoms with van der Waals surface area (Å²) < 4.78 is 5.39. The molecule has 0 spiro atoms. The highest BCUT2D eigenvalue weighted by molar-refractivity contribution is 5.24. The van der Waals surface area contributed by atoms with Crippen LogP contribution in [-0.2, 0) is 4.74 Å². The summed E-state index contributed by atoms with van der Waals surface area (Å²) in [4.78, 5) is 4.68. The Morgan fingerprint density at radius 3 is 2.50 bits per heavy atom. The first-order chi connectivity index (χ1) is 9.85. The van der Waals surface area contributed by atoms with E-state index in [2.05, 4.69) is 15.9 Å². The molecule has 1 heterocycles. The SMILES string of the molecule is CCOCCN1CCN([C@H](C#N)c2ccccc2)CC1. The molecule has 0 radical (unpaired) electrons. The van der Waals surface area contributed by atoms with E-state index in [1.807, 2.05) is 37.3 Å². The van der Waals surface area contributed by atoms with Gasteiger partial charge in [0.1, 0.15) is 6.04 Å². The third-order valence-corrected chi connectivity index (χ3v) is 3.77. The van der Waals surface area contributed by atoms with Crippen molar-refractivity contribution in [3.05, 3.63) is 35.9 Å². The van der Waals surface area contributed by atoms with E-state index in [-0.39, 0.29) is 6.04 Å². The van der Waals surface area contributed by atoms with Gasteiger partial charge in [-0.05, 0) is 12.5 Å². The largest absolute Gasteiger partial charge is 0.380 e. The van der Waals surface area contributed by atoms with Crippen molar-refractivity contribution in [1.29, 1.82) is 5.26 Å². The number of hydrogen-bond acceptors (Lipinski definition) is 4. The lowest BCUT2D eigenvalue weighted by Gasteiger charge is -2.36. The molecule has 1 aliphatic rings. The number of hydrogen-bond donors (Lipinski definition) is 0. The van der Waals surface area contributed by atoms with Crippen LogP contribution in [0.1, 0.15) is 18.5 Å². The lowest BCUT2D eigenvalue weighted by Crippen LogP contribution is -2.48. The normalized spacial score (nSPS) is 18.6. The first kappa shape index (κ1) is 15.0. The first-order valence-electron chi connectivity index (χ1n) is 7.34. The van der Waals surface area contributed by atoms with Gasteiger partial charge in [0.05, 0.1) is 12.7 Å². The van der Waals surface area contributed by atoms with Crippen molar-refractivity contribution < 1.29 is 4.74 Å². The zero-order chi connectivity index (χ0) is 14.2. The van der Waals surface area contributed by atoms with Crippen molar-refractivity contribution in [1.82, 2.24) is 9.80 Å². The summed E-state index contributed by atoms with van der Waals surface area (Å²) in [6.45, 7) is 8.51. The van der Waals surface area contributed by atoms with Crippen LogP contribution in [0.2, 0.25) is 0 Å². The van der Waals surface area contributed by atoms with Crippen molar-refractivity contribution >= 4 is 0 Å². The highest BCUT2D eigenvalue weighted by atomic mass is 16.5. The summed E-state index contributed by atoms with van der Waals surface area (Å²) in [6.07, 6.45) is 0. The summed E-state index contributed by atoms with van der Waals surface area (Å²) in [5.41, 5.74) is 1.10. The molecule has 1 aromatic carbocycles. The van der Waals surface area contributed by atoms with Crippen LogP contribution in [0, 0.1) is 11.3 Å². The zero-order valence-corrected chi connectivity index (χ0v) is 12.2. The van der Waals surface area contributed by atoms with E-state index in [1.165, 1.54) is 0 Å². The van der Waals surface area contributed by atoms with Gasteiger partial charge in [-0.1, -0.05) is 30.3 Å². The summed E-state index contributed by atoms with van der Waals surface area (Å²) in [5.74, 6) is 0. The predicted molar refractivity (Wildman–Crippen MR) is 79.3 cm³/mol. The summed E-state index contributed by atoms with van der Waals surface area (Å²) in [7, 11) is 0. The second kappa shape index (κ2) is 8.01. The van der Waals surface area contributed by atoms with E-state index >= 15 is 0 Å². The van der Waals surface area contributed by atoms with Gasteiger partial charge in [-0.15, -0.1) is 0 Å². The van der Waals surface area contributed by atoms with Crippen LogP contribution < -0.4 is 0 Å². The Balaban J connectivity index is 1.85. The molecule has 108 valence electrons. The highest BCUT2D eigenvalue weighted by Gasteiger charge is 2.24. The van der Waals surface area contributed by atoms with E-state index in [1.54, 1.807) is 0 Å². The number of benzene rings is 1. The van der Waals surface area contributed by atoms with Crippen LogP contribution in [0.15, 0.2) is 30.3 Å². The Kier molecular flexibility index (Phi) is 6.00.